The summed E-state index contributed by atoms with van der Waals surface area (Å²) in [7, 11) is 0. The van der Waals surface area contributed by atoms with Crippen LogP contribution in [0.3, 0.4) is 0 Å². The fourth-order valence-electron chi connectivity index (χ4n) is 2.73. The zero-order valence-electron chi connectivity index (χ0n) is 11.5. The van der Waals surface area contributed by atoms with Crippen LogP contribution >= 0.6 is 0 Å². The van der Waals surface area contributed by atoms with Crippen molar-refractivity contribution in [1.29, 1.82) is 0 Å². The molecule has 2 fully saturated rings. The first kappa shape index (κ1) is 14.3. The van der Waals surface area contributed by atoms with Gasteiger partial charge in [0.05, 0.1) is 5.54 Å². The zero-order chi connectivity index (χ0) is 13.7. The molecule has 2 amide bonds. The molecule has 0 aliphatic heterocycles. The second-order valence-electron chi connectivity index (χ2n) is 5.89. The SMILES string of the molecule is NC1(C(=O)NCCCNC(=O)C2CCC2)CCCC1. The second kappa shape index (κ2) is 6.37. The Morgan fingerprint density at radius 3 is 2.26 bits per heavy atom. The van der Waals surface area contributed by atoms with Gasteiger partial charge in [0.25, 0.3) is 0 Å². The predicted octanol–water partition coefficient (Wildman–Crippen LogP) is 0.680. The van der Waals surface area contributed by atoms with Gasteiger partial charge in [-0.1, -0.05) is 19.3 Å². The number of carbonyl (C=O) groups is 2. The fourth-order valence-corrected chi connectivity index (χ4v) is 2.73. The van der Waals surface area contributed by atoms with E-state index in [-0.39, 0.29) is 17.7 Å². The van der Waals surface area contributed by atoms with Crippen LogP contribution in [0.5, 0.6) is 0 Å². The number of hydrogen-bond donors (Lipinski definition) is 3. The Kier molecular flexibility index (Phi) is 4.80. The topological polar surface area (TPSA) is 84.2 Å². The lowest BCUT2D eigenvalue weighted by Gasteiger charge is -2.24. The Hall–Kier alpha value is -1.10. The van der Waals surface area contributed by atoms with Crippen molar-refractivity contribution >= 4 is 11.8 Å². The third-order valence-electron chi connectivity index (χ3n) is 4.36. The summed E-state index contributed by atoms with van der Waals surface area (Å²) in [5.74, 6) is 0.374. The summed E-state index contributed by atoms with van der Waals surface area (Å²) in [5.41, 5.74) is 5.41. The summed E-state index contributed by atoms with van der Waals surface area (Å²) in [6.45, 7) is 1.22. The molecule has 4 N–H and O–H groups in total. The minimum atomic E-state index is -0.644. The van der Waals surface area contributed by atoms with Crippen LogP contribution in [-0.2, 0) is 9.59 Å². The van der Waals surface area contributed by atoms with E-state index in [9.17, 15) is 9.59 Å². The monoisotopic (exact) mass is 267 g/mol. The average molecular weight is 267 g/mol. The minimum absolute atomic E-state index is 0.0321. The molecule has 19 heavy (non-hydrogen) atoms. The third-order valence-corrected chi connectivity index (χ3v) is 4.36. The summed E-state index contributed by atoms with van der Waals surface area (Å²) in [4.78, 5) is 23.5. The van der Waals surface area contributed by atoms with Crippen LogP contribution in [0.4, 0.5) is 0 Å². The summed E-state index contributed by atoms with van der Waals surface area (Å²) < 4.78 is 0. The lowest BCUT2D eigenvalue weighted by molar-refractivity contribution is -0.127. The summed E-state index contributed by atoms with van der Waals surface area (Å²) in [6, 6.07) is 0. The van der Waals surface area contributed by atoms with Crippen LogP contribution in [0.2, 0.25) is 0 Å². The molecule has 2 aliphatic carbocycles. The number of rotatable bonds is 6. The highest BCUT2D eigenvalue weighted by Gasteiger charge is 2.36. The van der Waals surface area contributed by atoms with Crippen LogP contribution in [0.15, 0.2) is 0 Å². The molecule has 2 aliphatic rings. The van der Waals surface area contributed by atoms with Crippen molar-refractivity contribution in [3.8, 4) is 0 Å². The van der Waals surface area contributed by atoms with Gasteiger partial charge in [0.15, 0.2) is 0 Å². The van der Waals surface area contributed by atoms with Crippen LogP contribution < -0.4 is 16.4 Å². The molecule has 0 radical (unpaired) electrons. The van der Waals surface area contributed by atoms with Crippen molar-refractivity contribution in [2.45, 2.75) is 56.9 Å². The van der Waals surface area contributed by atoms with E-state index < -0.39 is 5.54 Å². The molecular formula is C14H25N3O2. The standard InChI is InChI=1S/C14H25N3O2/c15-14(7-1-2-8-14)13(19)17-10-4-9-16-12(18)11-5-3-6-11/h11H,1-10,15H2,(H,16,18)(H,17,19). The van der Waals surface area contributed by atoms with Gasteiger partial charge >= 0.3 is 0 Å². The fraction of sp³-hybridized carbons (Fsp3) is 0.857. The maximum absolute atomic E-state index is 11.9. The van der Waals surface area contributed by atoms with Crippen molar-refractivity contribution in [3.05, 3.63) is 0 Å². The van der Waals surface area contributed by atoms with Crippen molar-refractivity contribution < 1.29 is 9.59 Å². The molecule has 0 aromatic heterocycles. The normalized spacial score (nSPS) is 21.7. The van der Waals surface area contributed by atoms with Crippen LogP contribution in [0.1, 0.15) is 51.4 Å². The maximum Gasteiger partial charge on any atom is 0.240 e. The van der Waals surface area contributed by atoms with E-state index in [2.05, 4.69) is 10.6 Å². The Labute approximate surface area is 114 Å². The van der Waals surface area contributed by atoms with Crippen molar-refractivity contribution in [1.82, 2.24) is 10.6 Å². The number of carbonyl (C=O) groups excluding carboxylic acids is 2. The first-order valence-corrected chi connectivity index (χ1v) is 7.47. The maximum atomic E-state index is 11.9. The molecule has 0 spiro atoms. The lowest BCUT2D eigenvalue weighted by Crippen LogP contribution is -2.52. The minimum Gasteiger partial charge on any atom is -0.356 e. The Balaban J connectivity index is 1.54. The van der Waals surface area contributed by atoms with Crippen LogP contribution in [-0.4, -0.2) is 30.4 Å². The third kappa shape index (κ3) is 3.69. The largest absolute Gasteiger partial charge is 0.356 e. The Morgan fingerprint density at radius 1 is 1.05 bits per heavy atom. The molecule has 0 unspecified atom stereocenters. The molecule has 0 saturated heterocycles. The van der Waals surface area contributed by atoms with Gasteiger partial charge in [0.2, 0.25) is 11.8 Å². The molecule has 2 rings (SSSR count). The van der Waals surface area contributed by atoms with Gasteiger partial charge in [-0.05, 0) is 32.1 Å². The Bertz CT molecular complexity index is 334. The van der Waals surface area contributed by atoms with Gasteiger partial charge in [0.1, 0.15) is 0 Å². The number of nitrogens with one attached hydrogen (secondary N) is 2. The Morgan fingerprint density at radius 2 is 1.68 bits per heavy atom. The molecule has 0 aromatic carbocycles. The highest BCUT2D eigenvalue weighted by Crippen LogP contribution is 2.27. The highest BCUT2D eigenvalue weighted by molar-refractivity contribution is 5.86. The lowest BCUT2D eigenvalue weighted by atomic mass is 9.85. The van der Waals surface area contributed by atoms with Crippen molar-refractivity contribution in [2.75, 3.05) is 13.1 Å². The van der Waals surface area contributed by atoms with Crippen LogP contribution in [0.25, 0.3) is 0 Å². The molecule has 0 atom stereocenters. The quantitative estimate of drug-likeness (QED) is 0.619. The van der Waals surface area contributed by atoms with Crippen molar-refractivity contribution in [2.24, 2.45) is 11.7 Å². The summed E-state index contributed by atoms with van der Waals surface area (Å²) in [6.07, 6.45) is 7.65. The van der Waals surface area contributed by atoms with E-state index in [1.807, 2.05) is 0 Å². The van der Waals surface area contributed by atoms with Gasteiger partial charge in [-0.25, -0.2) is 0 Å². The van der Waals surface area contributed by atoms with Crippen molar-refractivity contribution in [3.63, 3.8) is 0 Å². The van der Waals surface area contributed by atoms with Gasteiger partial charge in [-0.2, -0.15) is 0 Å². The van der Waals surface area contributed by atoms with Gasteiger partial charge in [-0.3, -0.25) is 9.59 Å². The highest BCUT2D eigenvalue weighted by atomic mass is 16.2. The van der Waals surface area contributed by atoms with Gasteiger partial charge in [0, 0.05) is 19.0 Å². The van der Waals surface area contributed by atoms with E-state index in [1.54, 1.807) is 0 Å². The van der Waals surface area contributed by atoms with E-state index in [1.165, 1.54) is 6.42 Å². The molecule has 108 valence electrons. The molecular weight excluding hydrogens is 242 g/mol. The summed E-state index contributed by atoms with van der Waals surface area (Å²) in [5, 5.41) is 5.80. The van der Waals surface area contributed by atoms with E-state index in [0.29, 0.717) is 13.1 Å². The van der Waals surface area contributed by atoms with E-state index >= 15 is 0 Å². The first-order chi connectivity index (χ1) is 9.12. The smallest absolute Gasteiger partial charge is 0.240 e. The van der Waals surface area contributed by atoms with Gasteiger partial charge < -0.3 is 16.4 Å². The van der Waals surface area contributed by atoms with Crippen LogP contribution in [0, 0.1) is 5.92 Å². The molecule has 0 heterocycles. The zero-order valence-corrected chi connectivity index (χ0v) is 11.5. The predicted molar refractivity (Wildman–Crippen MR) is 73.4 cm³/mol. The summed E-state index contributed by atoms with van der Waals surface area (Å²) >= 11 is 0. The molecule has 0 aromatic rings. The average Bonchev–Trinajstić information content (AvgIpc) is 2.74. The molecule has 5 heteroatoms. The second-order valence-corrected chi connectivity index (χ2v) is 5.89. The van der Waals surface area contributed by atoms with Gasteiger partial charge in [-0.15, -0.1) is 0 Å². The molecule has 5 nitrogen and oxygen atoms in total. The number of amides is 2. The number of hydrogen-bond acceptors (Lipinski definition) is 3. The van der Waals surface area contributed by atoms with E-state index in [0.717, 1.165) is 44.9 Å². The number of nitrogens with two attached hydrogens (primary N) is 1. The molecule has 2 saturated carbocycles. The first-order valence-electron chi connectivity index (χ1n) is 7.47. The van der Waals surface area contributed by atoms with E-state index in [4.69, 9.17) is 5.73 Å². The molecule has 0 bridgehead atoms.